The molecule has 0 fully saturated rings. The van der Waals surface area contributed by atoms with Crippen LogP contribution in [0.3, 0.4) is 0 Å². The van der Waals surface area contributed by atoms with E-state index >= 15 is 0 Å². The molecule has 25 heavy (non-hydrogen) atoms. The van der Waals surface area contributed by atoms with Gasteiger partial charge in [-0.15, -0.1) is 0 Å². The molecular formula is C20H22N2O3. The molecule has 0 unspecified atom stereocenters. The fourth-order valence-corrected chi connectivity index (χ4v) is 2.83. The van der Waals surface area contributed by atoms with Gasteiger partial charge in [0.1, 0.15) is 12.4 Å². The first kappa shape index (κ1) is 17.0. The molecule has 5 heteroatoms. The van der Waals surface area contributed by atoms with E-state index in [9.17, 15) is 4.79 Å². The van der Waals surface area contributed by atoms with Crippen LogP contribution in [-0.2, 0) is 17.8 Å². The minimum Gasteiger partial charge on any atom is -0.492 e. The highest BCUT2D eigenvalue weighted by atomic mass is 16.5. The number of fused-ring (bicyclic) bond motifs is 1. The second-order valence-electron chi connectivity index (χ2n) is 5.80. The van der Waals surface area contributed by atoms with Crippen LogP contribution in [0.4, 0.5) is 0 Å². The predicted octanol–water partition coefficient (Wildman–Crippen LogP) is 3.23. The van der Waals surface area contributed by atoms with Gasteiger partial charge in [-0.3, -0.25) is 0 Å². The van der Waals surface area contributed by atoms with Gasteiger partial charge in [0, 0.05) is 18.3 Å². The summed E-state index contributed by atoms with van der Waals surface area (Å²) in [6.07, 6.45) is 2.01. The molecule has 1 heterocycles. The van der Waals surface area contributed by atoms with Gasteiger partial charge in [-0.05, 0) is 48.3 Å². The maximum absolute atomic E-state index is 11.7. The number of nitrogens with zero attached hydrogens (tertiary/aromatic N) is 1. The molecule has 0 aliphatic carbocycles. The Labute approximate surface area is 147 Å². The first-order valence-electron chi connectivity index (χ1n) is 8.25. The van der Waals surface area contributed by atoms with Gasteiger partial charge in [-0.25, -0.2) is 4.79 Å². The van der Waals surface area contributed by atoms with Crippen molar-refractivity contribution < 1.29 is 14.3 Å². The monoisotopic (exact) mass is 338 g/mol. The Morgan fingerprint density at radius 3 is 2.84 bits per heavy atom. The SMILES string of the molecule is CNCc1cccc(OCCn2ccc3ccc(C(=O)OC)cc32)c1. The largest absolute Gasteiger partial charge is 0.492 e. The van der Waals surface area contributed by atoms with Crippen molar-refractivity contribution in [2.75, 3.05) is 20.8 Å². The van der Waals surface area contributed by atoms with E-state index in [1.54, 1.807) is 6.07 Å². The fourth-order valence-electron chi connectivity index (χ4n) is 2.83. The van der Waals surface area contributed by atoms with Crippen molar-refractivity contribution in [2.45, 2.75) is 13.1 Å². The first-order valence-corrected chi connectivity index (χ1v) is 8.25. The topological polar surface area (TPSA) is 52.5 Å². The number of nitrogens with one attached hydrogen (secondary N) is 1. The van der Waals surface area contributed by atoms with Crippen LogP contribution >= 0.6 is 0 Å². The number of aromatic nitrogens is 1. The standard InChI is InChI=1S/C20H22N2O3/c1-21-14-15-4-3-5-18(12-15)25-11-10-22-9-8-16-6-7-17(13-19(16)22)20(23)24-2/h3-9,12-13,21H,10-11,14H2,1-2H3. The normalized spacial score (nSPS) is 10.8. The number of esters is 1. The van der Waals surface area contributed by atoms with Gasteiger partial charge in [0.2, 0.25) is 0 Å². The Balaban J connectivity index is 1.69. The quantitative estimate of drug-likeness (QED) is 0.672. The lowest BCUT2D eigenvalue weighted by Gasteiger charge is -2.10. The molecule has 0 saturated heterocycles. The molecule has 1 N–H and O–H groups in total. The summed E-state index contributed by atoms with van der Waals surface area (Å²) >= 11 is 0. The van der Waals surface area contributed by atoms with Crippen LogP contribution in [0.15, 0.2) is 54.7 Å². The lowest BCUT2D eigenvalue weighted by molar-refractivity contribution is 0.0601. The lowest BCUT2D eigenvalue weighted by atomic mass is 10.1. The van der Waals surface area contributed by atoms with Crippen LogP contribution in [0.5, 0.6) is 5.75 Å². The Morgan fingerprint density at radius 2 is 2.04 bits per heavy atom. The van der Waals surface area contributed by atoms with Crippen LogP contribution in [0.2, 0.25) is 0 Å². The van der Waals surface area contributed by atoms with Gasteiger partial charge in [0.25, 0.3) is 0 Å². The zero-order chi connectivity index (χ0) is 17.6. The molecule has 1 aromatic heterocycles. The number of benzene rings is 2. The Kier molecular flexibility index (Phi) is 5.36. The Morgan fingerprint density at radius 1 is 1.16 bits per heavy atom. The number of methoxy groups -OCH3 is 1. The molecule has 0 saturated carbocycles. The van der Waals surface area contributed by atoms with Crippen LogP contribution in [0, 0.1) is 0 Å². The number of carbonyl (C=O) groups is 1. The summed E-state index contributed by atoms with van der Waals surface area (Å²) < 4.78 is 12.8. The van der Waals surface area contributed by atoms with Crippen molar-refractivity contribution in [1.82, 2.24) is 9.88 Å². The first-order chi connectivity index (χ1) is 12.2. The molecule has 0 spiro atoms. The third kappa shape index (κ3) is 4.00. The Hall–Kier alpha value is -2.79. The van der Waals surface area contributed by atoms with E-state index in [-0.39, 0.29) is 5.97 Å². The number of rotatable bonds is 7. The number of ether oxygens (including phenoxy) is 2. The zero-order valence-electron chi connectivity index (χ0n) is 14.5. The summed E-state index contributed by atoms with van der Waals surface area (Å²) in [4.78, 5) is 11.7. The highest BCUT2D eigenvalue weighted by Crippen LogP contribution is 2.19. The van der Waals surface area contributed by atoms with E-state index in [0.29, 0.717) is 18.7 Å². The summed E-state index contributed by atoms with van der Waals surface area (Å²) in [5.41, 5.74) is 2.74. The fraction of sp³-hybridized carbons (Fsp3) is 0.250. The number of carbonyl (C=O) groups excluding carboxylic acids is 1. The van der Waals surface area contributed by atoms with E-state index in [0.717, 1.165) is 23.2 Å². The molecular weight excluding hydrogens is 316 g/mol. The summed E-state index contributed by atoms with van der Waals surface area (Å²) in [7, 11) is 3.31. The molecule has 0 amide bonds. The van der Waals surface area contributed by atoms with Gasteiger partial charge in [-0.1, -0.05) is 18.2 Å². The average molecular weight is 338 g/mol. The third-order valence-electron chi connectivity index (χ3n) is 4.08. The van der Waals surface area contributed by atoms with Crippen molar-refractivity contribution in [3.05, 3.63) is 65.9 Å². The molecule has 130 valence electrons. The summed E-state index contributed by atoms with van der Waals surface area (Å²) in [5.74, 6) is 0.534. The average Bonchev–Trinajstić information content (AvgIpc) is 3.04. The van der Waals surface area contributed by atoms with Gasteiger partial charge in [0.15, 0.2) is 0 Å². The number of hydrogen-bond donors (Lipinski definition) is 1. The molecule has 5 nitrogen and oxygen atoms in total. The number of hydrogen-bond acceptors (Lipinski definition) is 4. The molecule has 0 radical (unpaired) electrons. The maximum Gasteiger partial charge on any atom is 0.337 e. The van der Waals surface area contributed by atoms with Gasteiger partial charge in [0.05, 0.1) is 19.2 Å². The zero-order valence-corrected chi connectivity index (χ0v) is 14.5. The second-order valence-corrected chi connectivity index (χ2v) is 5.80. The minimum atomic E-state index is -0.327. The van der Waals surface area contributed by atoms with E-state index in [2.05, 4.69) is 16.0 Å². The molecule has 0 bridgehead atoms. The predicted molar refractivity (Wildman–Crippen MR) is 98.0 cm³/mol. The van der Waals surface area contributed by atoms with Crippen molar-refractivity contribution in [2.24, 2.45) is 0 Å². The van der Waals surface area contributed by atoms with E-state index in [4.69, 9.17) is 9.47 Å². The van der Waals surface area contributed by atoms with Crippen molar-refractivity contribution in [3.8, 4) is 5.75 Å². The highest BCUT2D eigenvalue weighted by molar-refractivity contribution is 5.94. The summed E-state index contributed by atoms with van der Waals surface area (Å²) in [6, 6.07) is 15.7. The van der Waals surface area contributed by atoms with Crippen molar-refractivity contribution in [3.63, 3.8) is 0 Å². The van der Waals surface area contributed by atoms with E-state index in [1.807, 2.05) is 49.6 Å². The smallest absolute Gasteiger partial charge is 0.337 e. The molecule has 3 rings (SSSR count). The van der Waals surface area contributed by atoms with Gasteiger partial charge >= 0.3 is 5.97 Å². The molecule has 3 aromatic rings. The summed E-state index contributed by atoms with van der Waals surface area (Å²) in [5, 5.41) is 4.22. The van der Waals surface area contributed by atoms with Crippen molar-refractivity contribution in [1.29, 1.82) is 0 Å². The van der Waals surface area contributed by atoms with Crippen molar-refractivity contribution >= 4 is 16.9 Å². The Bertz CT molecular complexity index is 870. The highest BCUT2D eigenvalue weighted by Gasteiger charge is 2.08. The van der Waals surface area contributed by atoms with E-state index in [1.165, 1.54) is 12.7 Å². The second kappa shape index (κ2) is 7.85. The molecule has 0 aliphatic rings. The van der Waals surface area contributed by atoms with Crippen LogP contribution in [0.25, 0.3) is 10.9 Å². The maximum atomic E-state index is 11.7. The molecule has 0 aliphatic heterocycles. The third-order valence-corrected chi connectivity index (χ3v) is 4.08. The van der Waals surface area contributed by atoms with Crippen LogP contribution < -0.4 is 10.1 Å². The van der Waals surface area contributed by atoms with E-state index < -0.39 is 0 Å². The molecule has 2 aromatic carbocycles. The van der Waals surface area contributed by atoms with Crippen LogP contribution in [0.1, 0.15) is 15.9 Å². The lowest BCUT2D eigenvalue weighted by Crippen LogP contribution is -2.09. The molecule has 0 atom stereocenters. The van der Waals surface area contributed by atoms with Gasteiger partial charge in [-0.2, -0.15) is 0 Å². The van der Waals surface area contributed by atoms with Gasteiger partial charge < -0.3 is 19.4 Å². The minimum absolute atomic E-state index is 0.327. The summed E-state index contributed by atoms with van der Waals surface area (Å²) in [6.45, 7) is 2.06. The van der Waals surface area contributed by atoms with Crippen LogP contribution in [-0.4, -0.2) is 31.3 Å².